The fourth-order valence-corrected chi connectivity index (χ4v) is 6.34. The van der Waals surface area contributed by atoms with E-state index in [2.05, 4.69) is 14.9 Å². The number of nitrogens with zero attached hydrogens (tertiary/aromatic N) is 1. The van der Waals surface area contributed by atoms with Crippen molar-refractivity contribution in [3.63, 3.8) is 0 Å². The molecule has 3 N–H and O–H groups in total. The first-order chi connectivity index (χ1) is 15.9. The Hall–Kier alpha value is -2.58. The van der Waals surface area contributed by atoms with Crippen LogP contribution in [0.1, 0.15) is 66.4 Å². The number of aryl methyl sites for hydroxylation is 1. The fourth-order valence-electron chi connectivity index (χ4n) is 5.08. The van der Waals surface area contributed by atoms with E-state index in [-0.39, 0.29) is 22.1 Å². The van der Waals surface area contributed by atoms with Crippen LogP contribution in [0.3, 0.4) is 0 Å². The van der Waals surface area contributed by atoms with Crippen molar-refractivity contribution in [2.75, 3.05) is 36.2 Å². The summed E-state index contributed by atoms with van der Waals surface area (Å²) in [6, 6.07) is 10.2. The first-order valence-electron chi connectivity index (χ1n) is 11.8. The molecule has 0 amide bonds. The quantitative estimate of drug-likeness (QED) is 0.465. The molecule has 2 aromatic carbocycles. The smallest absolute Gasteiger partial charge is 0.338 e. The topological polar surface area (TPSA) is 98.7 Å². The highest BCUT2D eigenvalue weighted by atomic mass is 32.2. The van der Waals surface area contributed by atoms with Gasteiger partial charge < -0.3 is 15.3 Å². The number of carbonyl (C=O) groups is 1. The summed E-state index contributed by atoms with van der Waals surface area (Å²) in [5.74, 6) is -1.03. The van der Waals surface area contributed by atoms with Gasteiger partial charge in [-0.15, -0.1) is 0 Å². The molecule has 0 radical (unpaired) electrons. The summed E-state index contributed by atoms with van der Waals surface area (Å²) in [4.78, 5) is 14.7. The van der Waals surface area contributed by atoms with Crippen molar-refractivity contribution in [3.8, 4) is 0 Å². The van der Waals surface area contributed by atoms with E-state index in [1.165, 1.54) is 12.8 Å². The molecule has 33 heavy (non-hydrogen) atoms. The van der Waals surface area contributed by atoms with Gasteiger partial charge in [0.15, 0.2) is 0 Å². The molecule has 0 aromatic heterocycles. The van der Waals surface area contributed by atoms with Gasteiger partial charge in [-0.05, 0) is 93.4 Å². The number of para-hydroxylation sites is 1. The van der Waals surface area contributed by atoms with Gasteiger partial charge in [0.1, 0.15) is 4.90 Å². The molecule has 8 heteroatoms. The van der Waals surface area contributed by atoms with Crippen LogP contribution in [0.15, 0.2) is 41.3 Å². The van der Waals surface area contributed by atoms with Crippen molar-refractivity contribution in [3.05, 3.63) is 53.1 Å². The van der Waals surface area contributed by atoms with Crippen LogP contribution in [0.5, 0.6) is 0 Å². The number of benzene rings is 2. The molecule has 1 aliphatic heterocycles. The molecule has 4 rings (SSSR count). The van der Waals surface area contributed by atoms with Crippen LogP contribution in [-0.2, 0) is 16.4 Å². The highest BCUT2D eigenvalue weighted by molar-refractivity contribution is 7.92. The normalized spacial score (nSPS) is 18.6. The Morgan fingerprint density at radius 2 is 1.85 bits per heavy atom. The maximum Gasteiger partial charge on any atom is 0.338 e. The molecule has 2 aliphatic rings. The zero-order chi connectivity index (χ0) is 23.4. The van der Waals surface area contributed by atoms with E-state index in [0.29, 0.717) is 12.2 Å². The van der Waals surface area contributed by atoms with Crippen molar-refractivity contribution in [2.45, 2.75) is 56.3 Å². The molecular weight excluding hydrogens is 438 g/mol. The van der Waals surface area contributed by atoms with Gasteiger partial charge in [-0.3, -0.25) is 4.72 Å². The van der Waals surface area contributed by atoms with Gasteiger partial charge in [0.05, 0.1) is 16.9 Å². The molecule has 1 unspecified atom stereocenters. The summed E-state index contributed by atoms with van der Waals surface area (Å²) < 4.78 is 29.2. The van der Waals surface area contributed by atoms with E-state index in [4.69, 9.17) is 0 Å². The van der Waals surface area contributed by atoms with Gasteiger partial charge in [0.25, 0.3) is 10.0 Å². The summed E-state index contributed by atoms with van der Waals surface area (Å²) in [6.45, 7) is 5.94. The number of hydrogen-bond acceptors (Lipinski definition) is 5. The van der Waals surface area contributed by atoms with Crippen LogP contribution < -0.4 is 10.0 Å². The third kappa shape index (κ3) is 5.33. The Kier molecular flexibility index (Phi) is 7.24. The van der Waals surface area contributed by atoms with Crippen molar-refractivity contribution in [1.82, 2.24) is 4.90 Å². The minimum absolute atomic E-state index is 0.0688. The SMILES string of the molecule is CC1CCCc2ccc(NS(=O)(=O)c3ccccc3NCCCN3CCCC3)c(C(=O)O)c21. The minimum Gasteiger partial charge on any atom is -0.478 e. The van der Waals surface area contributed by atoms with Gasteiger partial charge in [0, 0.05) is 6.54 Å². The lowest BCUT2D eigenvalue weighted by Crippen LogP contribution is -2.23. The number of carboxylic acids is 1. The standard InChI is InChI=1S/C25H33N3O4S/c1-18-8-6-9-19-12-13-21(24(23(18)19)25(29)30)27-33(31,32)22-11-3-2-10-20(22)26-14-7-17-28-15-4-5-16-28/h2-3,10-13,18,26-27H,4-9,14-17H2,1H3,(H,29,30). The number of anilines is 2. The number of nitrogens with one attached hydrogen (secondary N) is 2. The number of fused-ring (bicyclic) bond motifs is 1. The zero-order valence-electron chi connectivity index (χ0n) is 19.1. The number of rotatable bonds is 9. The number of carboxylic acid groups (broad SMARTS) is 1. The molecule has 7 nitrogen and oxygen atoms in total. The molecule has 1 aliphatic carbocycles. The van der Waals surface area contributed by atoms with Crippen molar-refractivity contribution < 1.29 is 18.3 Å². The van der Waals surface area contributed by atoms with E-state index in [9.17, 15) is 18.3 Å². The van der Waals surface area contributed by atoms with E-state index in [1.807, 2.05) is 13.0 Å². The van der Waals surface area contributed by atoms with E-state index >= 15 is 0 Å². The molecule has 0 saturated carbocycles. The van der Waals surface area contributed by atoms with Gasteiger partial charge in [-0.25, -0.2) is 13.2 Å². The second kappa shape index (κ2) is 10.1. The Labute approximate surface area is 196 Å². The maximum atomic E-state index is 13.3. The summed E-state index contributed by atoms with van der Waals surface area (Å²) in [6.07, 6.45) is 6.15. The van der Waals surface area contributed by atoms with Crippen LogP contribution in [0, 0.1) is 0 Å². The van der Waals surface area contributed by atoms with E-state index in [0.717, 1.165) is 56.4 Å². The molecule has 0 bridgehead atoms. The zero-order valence-corrected chi connectivity index (χ0v) is 20.0. The van der Waals surface area contributed by atoms with Crippen LogP contribution >= 0.6 is 0 Å². The molecule has 1 fully saturated rings. The van der Waals surface area contributed by atoms with Gasteiger partial charge in [-0.1, -0.05) is 25.1 Å². The highest BCUT2D eigenvalue weighted by Crippen LogP contribution is 2.38. The lowest BCUT2D eigenvalue weighted by Gasteiger charge is -2.26. The van der Waals surface area contributed by atoms with Crippen LogP contribution in [-0.4, -0.2) is 50.6 Å². The van der Waals surface area contributed by atoms with Crippen LogP contribution in [0.4, 0.5) is 11.4 Å². The molecule has 178 valence electrons. The molecule has 1 saturated heterocycles. The summed E-state index contributed by atoms with van der Waals surface area (Å²) >= 11 is 0. The highest BCUT2D eigenvalue weighted by Gasteiger charge is 2.28. The second-order valence-corrected chi connectivity index (χ2v) is 10.7. The van der Waals surface area contributed by atoms with Gasteiger partial charge in [-0.2, -0.15) is 0 Å². The predicted molar refractivity (Wildman–Crippen MR) is 131 cm³/mol. The second-order valence-electron chi connectivity index (χ2n) is 9.09. The molecule has 2 aromatic rings. The number of sulfonamides is 1. The molecule has 1 heterocycles. The Morgan fingerprint density at radius 1 is 1.09 bits per heavy atom. The first kappa shape index (κ1) is 23.6. The van der Waals surface area contributed by atoms with Gasteiger partial charge >= 0.3 is 5.97 Å². The Morgan fingerprint density at radius 3 is 2.61 bits per heavy atom. The number of likely N-dealkylation sites (tertiary alicyclic amines) is 1. The first-order valence-corrected chi connectivity index (χ1v) is 13.3. The van der Waals surface area contributed by atoms with E-state index < -0.39 is 16.0 Å². The maximum absolute atomic E-state index is 13.3. The largest absolute Gasteiger partial charge is 0.478 e. The monoisotopic (exact) mass is 471 g/mol. The lowest BCUT2D eigenvalue weighted by molar-refractivity contribution is 0.0696. The summed E-state index contributed by atoms with van der Waals surface area (Å²) in [5, 5.41) is 13.2. The van der Waals surface area contributed by atoms with Crippen LogP contribution in [0.25, 0.3) is 0 Å². The summed E-state index contributed by atoms with van der Waals surface area (Å²) in [7, 11) is -3.98. The average molecular weight is 472 g/mol. The third-order valence-electron chi connectivity index (χ3n) is 6.71. The van der Waals surface area contributed by atoms with Crippen molar-refractivity contribution >= 4 is 27.4 Å². The fraction of sp³-hybridized carbons (Fsp3) is 0.480. The number of hydrogen-bond donors (Lipinski definition) is 3. The minimum atomic E-state index is -3.98. The summed E-state index contributed by atoms with van der Waals surface area (Å²) in [5.41, 5.74) is 2.46. The van der Waals surface area contributed by atoms with Crippen LogP contribution in [0.2, 0.25) is 0 Å². The third-order valence-corrected chi connectivity index (χ3v) is 8.14. The lowest BCUT2D eigenvalue weighted by atomic mass is 9.80. The Bertz CT molecular complexity index is 1110. The van der Waals surface area contributed by atoms with Crippen molar-refractivity contribution in [2.24, 2.45) is 0 Å². The Balaban J connectivity index is 1.55. The van der Waals surface area contributed by atoms with E-state index in [1.54, 1.807) is 30.3 Å². The van der Waals surface area contributed by atoms with Gasteiger partial charge in [0.2, 0.25) is 0 Å². The molecular formula is C25H33N3O4S. The molecule has 1 atom stereocenters. The molecule has 0 spiro atoms. The number of aromatic carboxylic acids is 1. The average Bonchev–Trinajstić information content (AvgIpc) is 3.30. The van der Waals surface area contributed by atoms with Crippen molar-refractivity contribution in [1.29, 1.82) is 0 Å². The predicted octanol–water partition coefficient (Wildman–Crippen LogP) is 4.52.